The second-order valence-corrected chi connectivity index (χ2v) is 7.02. The van der Waals surface area contributed by atoms with E-state index in [0.717, 1.165) is 16.6 Å². The van der Waals surface area contributed by atoms with E-state index < -0.39 is 12.1 Å². The normalized spacial score (nSPS) is 11.8. The summed E-state index contributed by atoms with van der Waals surface area (Å²) in [4.78, 5) is 28.7. The molecule has 1 aromatic heterocycles. The summed E-state index contributed by atoms with van der Waals surface area (Å²) in [6.07, 6.45) is -0.907. The molecule has 0 aliphatic carbocycles. The van der Waals surface area contributed by atoms with E-state index in [9.17, 15) is 9.59 Å². The molecule has 1 heterocycles. The molecular formula is C25H21NO4. The molecule has 0 radical (unpaired) electrons. The number of aryl methyl sites for hydroxylation is 1. The lowest BCUT2D eigenvalue weighted by Gasteiger charge is -2.13. The van der Waals surface area contributed by atoms with Crippen molar-refractivity contribution in [2.45, 2.75) is 20.0 Å². The smallest absolute Gasteiger partial charge is 0.338 e. The lowest BCUT2D eigenvalue weighted by molar-refractivity contribution is 0.0319. The van der Waals surface area contributed by atoms with Gasteiger partial charge in [0.1, 0.15) is 11.5 Å². The van der Waals surface area contributed by atoms with Gasteiger partial charge in [0, 0.05) is 22.2 Å². The molecule has 4 aromatic rings. The zero-order chi connectivity index (χ0) is 21.1. The van der Waals surface area contributed by atoms with Crippen molar-refractivity contribution in [3.8, 4) is 11.5 Å². The van der Waals surface area contributed by atoms with Crippen LogP contribution in [0.4, 0.5) is 0 Å². The Hall–Kier alpha value is -3.86. The Bertz CT molecular complexity index is 1190. The predicted molar refractivity (Wildman–Crippen MR) is 115 cm³/mol. The molecule has 1 N–H and O–H groups in total. The van der Waals surface area contributed by atoms with Crippen LogP contribution in [0.2, 0.25) is 0 Å². The number of fused-ring (bicyclic) bond motifs is 1. The van der Waals surface area contributed by atoms with E-state index in [-0.39, 0.29) is 5.78 Å². The first-order valence-corrected chi connectivity index (χ1v) is 9.68. The van der Waals surface area contributed by atoms with Crippen LogP contribution in [0, 0.1) is 6.92 Å². The van der Waals surface area contributed by atoms with E-state index in [1.54, 1.807) is 31.2 Å². The van der Waals surface area contributed by atoms with Crippen molar-refractivity contribution >= 4 is 22.7 Å². The van der Waals surface area contributed by atoms with Crippen molar-refractivity contribution in [2.75, 3.05) is 0 Å². The summed E-state index contributed by atoms with van der Waals surface area (Å²) in [6.45, 7) is 3.43. The number of ketones is 1. The number of H-pyrrole nitrogens is 1. The molecular weight excluding hydrogens is 378 g/mol. The summed E-state index contributed by atoms with van der Waals surface area (Å²) in [5.41, 5.74) is 2.54. The molecule has 0 bridgehead atoms. The molecule has 0 amide bonds. The predicted octanol–water partition coefficient (Wildman–Crippen LogP) is 5.70. The highest BCUT2D eigenvalue weighted by Crippen LogP contribution is 2.25. The Kier molecular flexibility index (Phi) is 5.35. The van der Waals surface area contributed by atoms with Gasteiger partial charge in [0.15, 0.2) is 6.10 Å². The van der Waals surface area contributed by atoms with E-state index in [1.165, 1.54) is 0 Å². The molecule has 1 atom stereocenters. The third-order valence-corrected chi connectivity index (χ3v) is 4.86. The minimum atomic E-state index is -0.907. The van der Waals surface area contributed by atoms with Gasteiger partial charge in [-0.25, -0.2) is 4.79 Å². The maximum absolute atomic E-state index is 12.9. The SMILES string of the molecule is Cc1[nH]c2ccccc2c1C(=O)[C@H](C)OC(=O)c1ccc(Oc2ccccc2)cc1. The van der Waals surface area contributed by atoms with Crippen molar-refractivity contribution in [1.29, 1.82) is 0 Å². The van der Waals surface area contributed by atoms with Crippen LogP contribution in [0.5, 0.6) is 11.5 Å². The van der Waals surface area contributed by atoms with Gasteiger partial charge in [-0.05, 0) is 56.3 Å². The third-order valence-electron chi connectivity index (χ3n) is 4.86. The molecule has 5 heteroatoms. The highest BCUT2D eigenvalue weighted by atomic mass is 16.5. The van der Waals surface area contributed by atoms with Gasteiger partial charge in [0.25, 0.3) is 0 Å². The largest absolute Gasteiger partial charge is 0.457 e. The number of nitrogens with one attached hydrogen (secondary N) is 1. The van der Waals surface area contributed by atoms with Gasteiger partial charge < -0.3 is 14.5 Å². The second-order valence-electron chi connectivity index (χ2n) is 7.02. The summed E-state index contributed by atoms with van der Waals surface area (Å²) < 4.78 is 11.2. The number of hydrogen-bond acceptors (Lipinski definition) is 4. The van der Waals surface area contributed by atoms with Gasteiger partial charge in [-0.1, -0.05) is 36.4 Å². The highest BCUT2D eigenvalue weighted by molar-refractivity contribution is 6.11. The number of ether oxygens (including phenoxy) is 2. The second kappa shape index (κ2) is 8.25. The topological polar surface area (TPSA) is 68.4 Å². The minimum absolute atomic E-state index is 0.234. The third kappa shape index (κ3) is 3.96. The molecule has 0 spiro atoms. The fourth-order valence-electron chi connectivity index (χ4n) is 3.36. The van der Waals surface area contributed by atoms with Gasteiger partial charge in [0.2, 0.25) is 5.78 Å². The molecule has 0 fully saturated rings. The summed E-state index contributed by atoms with van der Waals surface area (Å²) in [5.74, 6) is 0.527. The molecule has 0 saturated heterocycles. The molecule has 30 heavy (non-hydrogen) atoms. The molecule has 0 aliphatic rings. The maximum Gasteiger partial charge on any atom is 0.338 e. The molecule has 150 valence electrons. The first-order valence-electron chi connectivity index (χ1n) is 9.68. The number of Topliss-reactive ketones (excluding diaryl/α,β-unsaturated/α-hetero) is 1. The van der Waals surface area contributed by atoms with Crippen LogP contribution in [0.25, 0.3) is 10.9 Å². The molecule has 3 aromatic carbocycles. The Labute approximate surface area is 174 Å². The van der Waals surface area contributed by atoms with E-state index in [2.05, 4.69) is 4.98 Å². The number of rotatable bonds is 6. The van der Waals surface area contributed by atoms with Crippen molar-refractivity contribution in [3.63, 3.8) is 0 Å². The first kappa shape index (κ1) is 19.5. The number of benzene rings is 3. The number of hydrogen-bond donors (Lipinski definition) is 1. The Morgan fingerprint density at radius 1 is 0.833 bits per heavy atom. The number of aromatic nitrogens is 1. The molecule has 4 rings (SSSR count). The minimum Gasteiger partial charge on any atom is -0.457 e. The monoisotopic (exact) mass is 399 g/mol. The van der Waals surface area contributed by atoms with Crippen molar-refractivity contribution in [3.05, 3.63) is 95.7 Å². The lowest BCUT2D eigenvalue weighted by atomic mass is 10.0. The summed E-state index contributed by atoms with van der Waals surface area (Å²) in [7, 11) is 0. The molecule has 0 aliphatic heterocycles. The molecule has 0 saturated carbocycles. The van der Waals surface area contributed by atoms with Crippen LogP contribution in [0.15, 0.2) is 78.9 Å². The van der Waals surface area contributed by atoms with Crippen LogP contribution in [0.1, 0.15) is 33.3 Å². The van der Waals surface area contributed by atoms with Gasteiger partial charge >= 0.3 is 5.97 Å². The van der Waals surface area contributed by atoms with Crippen LogP contribution in [-0.2, 0) is 4.74 Å². The number of para-hydroxylation sites is 2. The van der Waals surface area contributed by atoms with E-state index in [0.29, 0.717) is 22.6 Å². The van der Waals surface area contributed by atoms with Crippen LogP contribution < -0.4 is 4.74 Å². The average molecular weight is 399 g/mol. The van der Waals surface area contributed by atoms with E-state index >= 15 is 0 Å². The highest BCUT2D eigenvalue weighted by Gasteiger charge is 2.24. The maximum atomic E-state index is 12.9. The van der Waals surface area contributed by atoms with E-state index in [1.807, 2.05) is 61.5 Å². The Morgan fingerprint density at radius 2 is 1.47 bits per heavy atom. The van der Waals surface area contributed by atoms with Crippen LogP contribution >= 0.6 is 0 Å². The standard InChI is InChI=1S/C25H21NO4/c1-16-23(21-10-6-7-11-22(21)26-16)24(27)17(2)29-25(28)18-12-14-20(15-13-18)30-19-8-4-3-5-9-19/h3-15,17,26H,1-2H3/t17-/m0/s1. The first-order chi connectivity index (χ1) is 14.5. The Balaban J connectivity index is 1.45. The quantitative estimate of drug-likeness (QED) is 0.334. The molecule has 5 nitrogen and oxygen atoms in total. The van der Waals surface area contributed by atoms with Gasteiger partial charge in [-0.3, -0.25) is 4.79 Å². The van der Waals surface area contributed by atoms with Crippen LogP contribution in [-0.4, -0.2) is 22.8 Å². The average Bonchev–Trinajstić information content (AvgIpc) is 3.10. The summed E-state index contributed by atoms with van der Waals surface area (Å²) >= 11 is 0. The number of carbonyl (C=O) groups excluding carboxylic acids is 2. The summed E-state index contributed by atoms with van der Waals surface area (Å²) in [6, 6.07) is 23.6. The number of carbonyl (C=O) groups is 2. The van der Waals surface area contributed by atoms with Crippen molar-refractivity contribution in [2.24, 2.45) is 0 Å². The zero-order valence-corrected chi connectivity index (χ0v) is 16.7. The van der Waals surface area contributed by atoms with Crippen molar-refractivity contribution < 1.29 is 19.1 Å². The number of esters is 1. The Morgan fingerprint density at radius 3 is 2.20 bits per heavy atom. The van der Waals surface area contributed by atoms with E-state index in [4.69, 9.17) is 9.47 Å². The van der Waals surface area contributed by atoms with Crippen molar-refractivity contribution in [1.82, 2.24) is 4.98 Å². The van der Waals surface area contributed by atoms with Gasteiger partial charge in [-0.15, -0.1) is 0 Å². The fourth-order valence-corrected chi connectivity index (χ4v) is 3.36. The number of aromatic amines is 1. The van der Waals surface area contributed by atoms with Gasteiger partial charge in [-0.2, -0.15) is 0 Å². The van der Waals surface area contributed by atoms with Gasteiger partial charge in [0.05, 0.1) is 5.56 Å². The zero-order valence-electron chi connectivity index (χ0n) is 16.7. The van der Waals surface area contributed by atoms with Crippen LogP contribution in [0.3, 0.4) is 0 Å². The fraction of sp³-hybridized carbons (Fsp3) is 0.120. The summed E-state index contributed by atoms with van der Waals surface area (Å²) in [5, 5.41) is 0.824. The molecule has 0 unspecified atom stereocenters. The lowest BCUT2D eigenvalue weighted by Crippen LogP contribution is -2.24.